The second-order valence-electron chi connectivity index (χ2n) is 6.63. The molecular formula is C15H28ClN3O. The number of hydrogen-bond acceptors (Lipinski definition) is 3. The van der Waals surface area contributed by atoms with Gasteiger partial charge in [-0.2, -0.15) is 0 Å². The number of hydrogen-bond donors (Lipinski definition) is 2. The summed E-state index contributed by atoms with van der Waals surface area (Å²) in [6.07, 6.45) is 9.13. The van der Waals surface area contributed by atoms with Crippen LogP contribution in [0.3, 0.4) is 0 Å². The van der Waals surface area contributed by atoms with Gasteiger partial charge in [-0.15, -0.1) is 12.4 Å². The van der Waals surface area contributed by atoms with Crippen LogP contribution in [-0.4, -0.2) is 49.1 Å². The number of rotatable bonds is 4. The molecule has 2 N–H and O–H groups in total. The van der Waals surface area contributed by atoms with E-state index in [1.807, 2.05) is 0 Å². The van der Waals surface area contributed by atoms with Gasteiger partial charge in [0, 0.05) is 31.7 Å². The summed E-state index contributed by atoms with van der Waals surface area (Å²) in [7, 11) is 0. The van der Waals surface area contributed by atoms with Crippen molar-refractivity contribution in [2.24, 2.45) is 5.92 Å². The largest absolute Gasteiger partial charge is 0.355 e. The molecule has 1 aliphatic heterocycles. The minimum atomic E-state index is 0. The Labute approximate surface area is 128 Å². The highest BCUT2D eigenvalue weighted by Crippen LogP contribution is 2.34. The van der Waals surface area contributed by atoms with Gasteiger partial charge in [0.05, 0.1) is 6.54 Å². The van der Waals surface area contributed by atoms with Gasteiger partial charge in [0.1, 0.15) is 0 Å². The summed E-state index contributed by atoms with van der Waals surface area (Å²) in [5.41, 5.74) is 0.271. The number of amides is 1. The molecule has 0 bridgehead atoms. The first-order valence-corrected chi connectivity index (χ1v) is 8.01. The topological polar surface area (TPSA) is 44.4 Å². The number of nitrogens with zero attached hydrogens (tertiary/aromatic N) is 1. The third-order valence-corrected chi connectivity index (χ3v) is 5.09. The Morgan fingerprint density at radius 3 is 2.70 bits per heavy atom. The van der Waals surface area contributed by atoms with E-state index < -0.39 is 0 Å². The molecule has 2 saturated carbocycles. The molecule has 116 valence electrons. The summed E-state index contributed by atoms with van der Waals surface area (Å²) < 4.78 is 0. The molecule has 20 heavy (non-hydrogen) atoms. The van der Waals surface area contributed by atoms with Crippen LogP contribution >= 0.6 is 12.4 Å². The fourth-order valence-corrected chi connectivity index (χ4v) is 3.64. The summed E-state index contributed by atoms with van der Waals surface area (Å²) >= 11 is 0. The van der Waals surface area contributed by atoms with Crippen LogP contribution < -0.4 is 10.6 Å². The highest BCUT2D eigenvalue weighted by atomic mass is 35.5. The zero-order chi connectivity index (χ0) is 13.1. The van der Waals surface area contributed by atoms with E-state index in [9.17, 15) is 4.79 Å². The molecule has 3 aliphatic rings. The van der Waals surface area contributed by atoms with Crippen molar-refractivity contribution in [3.05, 3.63) is 0 Å². The molecule has 4 nitrogen and oxygen atoms in total. The lowest BCUT2D eigenvalue weighted by molar-refractivity contribution is -0.125. The number of carbonyl (C=O) groups is 1. The molecule has 0 radical (unpaired) electrons. The van der Waals surface area contributed by atoms with Gasteiger partial charge in [0.2, 0.25) is 5.91 Å². The zero-order valence-corrected chi connectivity index (χ0v) is 13.1. The normalized spacial score (nSPS) is 26.0. The van der Waals surface area contributed by atoms with Gasteiger partial charge >= 0.3 is 0 Å². The second kappa shape index (κ2) is 7.10. The summed E-state index contributed by atoms with van der Waals surface area (Å²) in [5.74, 6) is 1.01. The molecule has 5 heteroatoms. The van der Waals surface area contributed by atoms with E-state index >= 15 is 0 Å². The standard InChI is InChI=1S/C15H27N3O.ClH/c19-14(17-10-13-4-5-13)11-18-9-8-16-12-15(18)6-2-1-3-7-15;/h13,16H,1-12H2,(H,17,19);1H. The zero-order valence-electron chi connectivity index (χ0n) is 12.3. The van der Waals surface area contributed by atoms with Crippen LogP contribution in [0.1, 0.15) is 44.9 Å². The molecule has 0 aromatic carbocycles. The highest BCUT2D eigenvalue weighted by Gasteiger charge is 2.40. The van der Waals surface area contributed by atoms with E-state index in [0.29, 0.717) is 6.54 Å². The lowest BCUT2D eigenvalue weighted by Crippen LogP contribution is -2.63. The van der Waals surface area contributed by atoms with Gasteiger partial charge in [-0.05, 0) is 31.6 Å². The second-order valence-corrected chi connectivity index (χ2v) is 6.63. The van der Waals surface area contributed by atoms with E-state index in [2.05, 4.69) is 15.5 Å². The lowest BCUT2D eigenvalue weighted by Gasteiger charge is -2.49. The monoisotopic (exact) mass is 301 g/mol. The van der Waals surface area contributed by atoms with Crippen molar-refractivity contribution in [2.45, 2.75) is 50.5 Å². The first-order chi connectivity index (χ1) is 9.28. The van der Waals surface area contributed by atoms with Gasteiger partial charge in [0.25, 0.3) is 0 Å². The molecular weight excluding hydrogens is 274 g/mol. The summed E-state index contributed by atoms with van der Waals surface area (Å²) in [4.78, 5) is 14.6. The quantitative estimate of drug-likeness (QED) is 0.828. The Morgan fingerprint density at radius 2 is 2.00 bits per heavy atom. The fourth-order valence-electron chi connectivity index (χ4n) is 3.64. The molecule has 0 atom stereocenters. The van der Waals surface area contributed by atoms with Crippen molar-refractivity contribution < 1.29 is 4.79 Å². The lowest BCUT2D eigenvalue weighted by atomic mass is 9.79. The molecule has 2 aliphatic carbocycles. The summed E-state index contributed by atoms with van der Waals surface area (Å²) in [6.45, 7) is 4.63. The Hall–Kier alpha value is -0.320. The first kappa shape index (κ1) is 16.1. The van der Waals surface area contributed by atoms with E-state index in [-0.39, 0.29) is 23.9 Å². The van der Waals surface area contributed by atoms with Gasteiger partial charge in [-0.1, -0.05) is 19.3 Å². The van der Waals surface area contributed by atoms with Crippen molar-refractivity contribution in [1.29, 1.82) is 0 Å². The molecule has 3 fully saturated rings. The first-order valence-electron chi connectivity index (χ1n) is 8.01. The van der Waals surface area contributed by atoms with Crippen LogP contribution in [0.2, 0.25) is 0 Å². The van der Waals surface area contributed by atoms with Crippen molar-refractivity contribution in [3.8, 4) is 0 Å². The molecule has 1 heterocycles. The van der Waals surface area contributed by atoms with Crippen LogP contribution in [0.4, 0.5) is 0 Å². The molecule has 1 spiro atoms. The predicted octanol–water partition coefficient (Wildman–Crippen LogP) is 1.54. The van der Waals surface area contributed by atoms with E-state index in [0.717, 1.165) is 32.1 Å². The maximum atomic E-state index is 12.1. The van der Waals surface area contributed by atoms with E-state index in [1.165, 1.54) is 44.9 Å². The molecule has 1 saturated heterocycles. The van der Waals surface area contributed by atoms with Crippen LogP contribution in [0.15, 0.2) is 0 Å². The highest BCUT2D eigenvalue weighted by molar-refractivity contribution is 5.85. The van der Waals surface area contributed by atoms with Crippen molar-refractivity contribution >= 4 is 18.3 Å². The van der Waals surface area contributed by atoms with Crippen molar-refractivity contribution in [3.63, 3.8) is 0 Å². The van der Waals surface area contributed by atoms with Crippen LogP contribution in [0, 0.1) is 5.92 Å². The number of piperazine rings is 1. The Balaban J connectivity index is 0.00000147. The molecule has 0 aromatic rings. The molecule has 0 unspecified atom stereocenters. The van der Waals surface area contributed by atoms with Crippen molar-refractivity contribution in [1.82, 2.24) is 15.5 Å². The van der Waals surface area contributed by atoms with E-state index in [1.54, 1.807) is 0 Å². The minimum absolute atomic E-state index is 0. The Kier molecular flexibility index (Phi) is 5.70. The van der Waals surface area contributed by atoms with Gasteiger partial charge in [-0.25, -0.2) is 0 Å². The average Bonchev–Trinajstić information content (AvgIpc) is 3.25. The SMILES string of the molecule is Cl.O=C(CN1CCNCC12CCCCC2)NCC1CC1. The predicted molar refractivity (Wildman–Crippen MR) is 83.2 cm³/mol. The maximum absolute atomic E-state index is 12.1. The average molecular weight is 302 g/mol. The maximum Gasteiger partial charge on any atom is 0.234 e. The molecule has 3 rings (SSSR count). The van der Waals surface area contributed by atoms with Crippen LogP contribution in [0.5, 0.6) is 0 Å². The number of nitrogens with one attached hydrogen (secondary N) is 2. The number of halogens is 1. The van der Waals surface area contributed by atoms with Crippen LogP contribution in [0.25, 0.3) is 0 Å². The van der Waals surface area contributed by atoms with E-state index in [4.69, 9.17) is 0 Å². The third kappa shape index (κ3) is 3.86. The van der Waals surface area contributed by atoms with Gasteiger partial charge in [-0.3, -0.25) is 9.69 Å². The number of carbonyl (C=O) groups excluding carboxylic acids is 1. The van der Waals surface area contributed by atoms with Crippen LogP contribution in [-0.2, 0) is 4.79 Å². The summed E-state index contributed by atoms with van der Waals surface area (Å²) in [6, 6.07) is 0. The molecule has 1 amide bonds. The van der Waals surface area contributed by atoms with Gasteiger partial charge < -0.3 is 10.6 Å². The summed E-state index contributed by atoms with van der Waals surface area (Å²) in [5, 5.41) is 6.65. The Morgan fingerprint density at radius 1 is 1.25 bits per heavy atom. The molecule has 0 aromatic heterocycles. The smallest absolute Gasteiger partial charge is 0.234 e. The van der Waals surface area contributed by atoms with Crippen molar-refractivity contribution in [2.75, 3.05) is 32.7 Å². The fraction of sp³-hybridized carbons (Fsp3) is 0.933. The minimum Gasteiger partial charge on any atom is -0.355 e. The Bertz CT molecular complexity index is 319. The third-order valence-electron chi connectivity index (χ3n) is 5.09. The van der Waals surface area contributed by atoms with Gasteiger partial charge in [0.15, 0.2) is 0 Å².